The minimum absolute atomic E-state index is 0.0136. The maximum atomic E-state index is 14.6. The summed E-state index contributed by atoms with van der Waals surface area (Å²) >= 11 is 0. The minimum Gasteiger partial charge on any atom is -0.370 e. The molecule has 0 bridgehead atoms. The third kappa shape index (κ3) is 14.5. The number of hydrogen-bond donors (Lipinski definition) is 13. The highest BCUT2D eigenvalue weighted by molar-refractivity contribution is 5.98. The van der Waals surface area contributed by atoms with Crippen LogP contribution in [-0.4, -0.2) is 120 Å². The van der Waals surface area contributed by atoms with Gasteiger partial charge in [-0.3, -0.25) is 38.6 Å². The first-order valence-electron chi connectivity index (χ1n) is 23.3. The molecule has 6 rings (SSSR count). The molecule has 0 aliphatic carbocycles. The third-order valence-corrected chi connectivity index (χ3v) is 12.1. The number of guanidine groups is 1. The summed E-state index contributed by atoms with van der Waals surface area (Å²) in [7, 11) is 0. The number of amides is 7. The van der Waals surface area contributed by atoms with Gasteiger partial charge in [0.1, 0.15) is 36.3 Å². The average molecular weight is 975 g/mol. The first-order valence-corrected chi connectivity index (χ1v) is 23.3. The van der Waals surface area contributed by atoms with Gasteiger partial charge in [-0.2, -0.15) is 0 Å². The molecule has 0 fully saturated rings. The summed E-state index contributed by atoms with van der Waals surface area (Å²) in [6.45, 7) is 5.05. The first-order chi connectivity index (χ1) is 34.1. The van der Waals surface area contributed by atoms with E-state index in [9.17, 15) is 33.6 Å². The van der Waals surface area contributed by atoms with E-state index in [1.165, 1.54) is 32.0 Å². The van der Waals surface area contributed by atoms with Crippen LogP contribution in [0, 0.1) is 5.92 Å². The van der Waals surface area contributed by atoms with Gasteiger partial charge in [0, 0.05) is 97.1 Å². The second-order valence-electron chi connectivity index (χ2n) is 17.4. The van der Waals surface area contributed by atoms with Crippen molar-refractivity contribution < 1.29 is 33.6 Å². The van der Waals surface area contributed by atoms with E-state index < -0.39 is 77.6 Å². The lowest BCUT2D eigenvalue weighted by atomic mass is 9.97. The van der Waals surface area contributed by atoms with Crippen LogP contribution in [0.1, 0.15) is 62.5 Å². The number of benzene rings is 2. The second-order valence-corrected chi connectivity index (χ2v) is 17.4. The Labute approximate surface area is 408 Å². The van der Waals surface area contributed by atoms with Gasteiger partial charge < -0.3 is 69.0 Å². The number of aromatic nitrogens is 6. The van der Waals surface area contributed by atoms with Crippen LogP contribution in [0.4, 0.5) is 0 Å². The van der Waals surface area contributed by atoms with E-state index in [-0.39, 0.29) is 56.9 Å². The fraction of sp³-hybridized carbons (Fsp3) is 0.375. The molecule has 0 unspecified atom stereocenters. The molecule has 16 N–H and O–H groups in total. The number of carbonyl (C=O) groups is 7. The number of hydrogen-bond acceptors (Lipinski definition) is 10. The van der Waals surface area contributed by atoms with Gasteiger partial charge in [-0.1, -0.05) is 56.7 Å². The van der Waals surface area contributed by atoms with Gasteiger partial charge in [0.2, 0.25) is 41.4 Å². The lowest BCUT2D eigenvalue weighted by Gasteiger charge is -2.28. The number of primary amides is 1. The minimum atomic E-state index is -1.38. The Balaban J connectivity index is 1.26. The Bertz CT molecular complexity index is 2800. The van der Waals surface area contributed by atoms with Crippen molar-refractivity contribution in [2.45, 2.75) is 102 Å². The maximum Gasteiger partial charge on any atom is 0.243 e. The number of imidazole rings is 2. The van der Waals surface area contributed by atoms with Gasteiger partial charge in [0.25, 0.3) is 0 Å². The van der Waals surface area contributed by atoms with Gasteiger partial charge in [-0.05, 0) is 42.0 Å². The molecule has 0 saturated heterocycles. The number of aromatic amines is 4. The van der Waals surface area contributed by atoms with Crippen molar-refractivity contribution in [3.05, 3.63) is 108 Å². The molecule has 23 nitrogen and oxygen atoms in total. The maximum absolute atomic E-state index is 14.6. The summed E-state index contributed by atoms with van der Waals surface area (Å²) in [5, 5.41) is 18.2. The van der Waals surface area contributed by atoms with Gasteiger partial charge in [0.15, 0.2) is 5.96 Å². The Hall–Kier alpha value is -8.50. The van der Waals surface area contributed by atoms with E-state index in [0.717, 1.165) is 27.4 Å². The Morgan fingerprint density at radius 3 is 1.51 bits per heavy atom. The van der Waals surface area contributed by atoms with Crippen molar-refractivity contribution in [3.63, 3.8) is 0 Å². The quantitative estimate of drug-likeness (QED) is 0.0193. The zero-order chi connectivity index (χ0) is 51.0. The summed E-state index contributed by atoms with van der Waals surface area (Å²) in [6.07, 6.45) is 9.68. The van der Waals surface area contributed by atoms with E-state index in [2.05, 4.69) is 66.8 Å². The topological polar surface area (TPSA) is 371 Å². The van der Waals surface area contributed by atoms with Crippen molar-refractivity contribution in [2.24, 2.45) is 28.1 Å². The molecule has 71 heavy (non-hydrogen) atoms. The standard InChI is InChI=1S/C48H62N16O7/c1-4-26(2)41(59-27(3)65)47(71)64-38(17-29-21-56-35-13-8-6-11-33(29)35)44(68)60-36(14-9-15-54-48(50)51)43(67)62-40(19-31-23-53-25-58-31)46(70)63-39(18-30-22-52-24-57-30)45(69)61-37(42(49)66)16-28-20-55-34-12-7-5-10-32(28)34/h5-8,10-13,20-26,36-41,55-56H,4,9,14-19H2,1-3H3,(H2,49,66)(H,52,57)(H,53,58)(H,59,65)(H,60,68)(H,61,69)(H,62,67)(H,63,70)(H,64,71)(H4,50,51,54)/t26-,36+,37+,38+,39+,40+,41+/m0/s1. The fourth-order valence-corrected chi connectivity index (χ4v) is 8.17. The van der Waals surface area contributed by atoms with Crippen LogP contribution in [0.25, 0.3) is 21.8 Å². The van der Waals surface area contributed by atoms with Gasteiger partial charge >= 0.3 is 0 Å². The molecule has 0 spiro atoms. The Morgan fingerprint density at radius 1 is 0.592 bits per heavy atom. The van der Waals surface area contributed by atoms with Crippen LogP contribution in [0.15, 0.2) is 91.0 Å². The Morgan fingerprint density at radius 2 is 1.04 bits per heavy atom. The van der Waals surface area contributed by atoms with Crippen molar-refractivity contribution in [1.29, 1.82) is 0 Å². The molecule has 2 aromatic carbocycles. The van der Waals surface area contributed by atoms with Crippen LogP contribution >= 0.6 is 0 Å². The van der Waals surface area contributed by atoms with Gasteiger partial charge in [0.05, 0.1) is 12.7 Å². The van der Waals surface area contributed by atoms with Crippen LogP contribution in [0.3, 0.4) is 0 Å². The molecule has 23 heteroatoms. The third-order valence-electron chi connectivity index (χ3n) is 12.1. The van der Waals surface area contributed by atoms with Crippen LogP contribution in [0.5, 0.6) is 0 Å². The van der Waals surface area contributed by atoms with E-state index in [4.69, 9.17) is 17.2 Å². The van der Waals surface area contributed by atoms with Crippen molar-refractivity contribution in [2.75, 3.05) is 6.54 Å². The van der Waals surface area contributed by atoms with E-state index >= 15 is 0 Å². The monoisotopic (exact) mass is 974 g/mol. The molecule has 376 valence electrons. The van der Waals surface area contributed by atoms with Gasteiger partial charge in [-0.25, -0.2) is 9.97 Å². The SMILES string of the molecule is CC[C@H](C)[C@@H](NC(C)=O)C(=O)N[C@H](Cc1c[nH]c2ccccc12)C(=O)N[C@H](CCCN=C(N)N)C(=O)N[C@H](Cc1cnc[nH]1)C(=O)N[C@H](Cc1cnc[nH]1)C(=O)N[C@H](Cc1c[nH]c2ccccc12)C(N)=O. The number of para-hydroxylation sites is 2. The number of nitrogens with zero attached hydrogens (tertiary/aromatic N) is 3. The highest BCUT2D eigenvalue weighted by Crippen LogP contribution is 2.21. The van der Waals surface area contributed by atoms with Crippen molar-refractivity contribution in [3.8, 4) is 0 Å². The van der Waals surface area contributed by atoms with Crippen LogP contribution in [0.2, 0.25) is 0 Å². The molecule has 0 aliphatic heterocycles. The molecule has 7 amide bonds. The summed E-state index contributed by atoms with van der Waals surface area (Å²) in [5.74, 6) is -5.41. The van der Waals surface area contributed by atoms with E-state index in [0.29, 0.717) is 23.4 Å². The highest BCUT2D eigenvalue weighted by atomic mass is 16.2. The molecule has 4 aromatic heterocycles. The summed E-state index contributed by atoms with van der Waals surface area (Å²) < 4.78 is 0. The lowest BCUT2D eigenvalue weighted by molar-refractivity contribution is -0.135. The summed E-state index contributed by atoms with van der Waals surface area (Å²) in [6, 6.07) is 7.42. The van der Waals surface area contributed by atoms with Crippen molar-refractivity contribution in [1.82, 2.24) is 61.8 Å². The molecular weight excluding hydrogens is 913 g/mol. The molecule has 7 atom stereocenters. The highest BCUT2D eigenvalue weighted by Gasteiger charge is 2.35. The number of fused-ring (bicyclic) bond motifs is 2. The number of carbonyl (C=O) groups excluding carboxylic acids is 7. The molecule has 0 saturated carbocycles. The summed E-state index contributed by atoms with van der Waals surface area (Å²) in [5.41, 5.74) is 20.9. The fourth-order valence-electron chi connectivity index (χ4n) is 8.17. The van der Waals surface area contributed by atoms with Gasteiger partial charge in [-0.15, -0.1) is 0 Å². The zero-order valence-electron chi connectivity index (χ0n) is 39.7. The molecule has 0 aliphatic rings. The lowest BCUT2D eigenvalue weighted by Crippen LogP contribution is -2.60. The van der Waals surface area contributed by atoms with Crippen LogP contribution < -0.4 is 49.1 Å². The smallest absolute Gasteiger partial charge is 0.243 e. The average Bonchev–Trinajstić information content (AvgIpc) is 4.20. The molecule has 4 heterocycles. The largest absolute Gasteiger partial charge is 0.370 e. The first kappa shape index (κ1) is 51.9. The zero-order valence-corrected chi connectivity index (χ0v) is 39.7. The predicted molar refractivity (Wildman–Crippen MR) is 264 cm³/mol. The number of nitrogens with one attached hydrogen (secondary N) is 10. The number of aliphatic imine (C=N–C) groups is 1. The summed E-state index contributed by atoms with van der Waals surface area (Å²) in [4.78, 5) is 121. The van der Waals surface area contributed by atoms with E-state index in [1.807, 2.05) is 55.5 Å². The van der Waals surface area contributed by atoms with Crippen LogP contribution in [-0.2, 0) is 59.2 Å². The second kappa shape index (κ2) is 24.7. The number of H-pyrrole nitrogens is 4. The molecule has 6 aromatic rings. The molecule has 0 radical (unpaired) electrons. The normalized spacial score (nSPS) is 14.2. The molecular formula is C48H62N16O7. The Kier molecular flexibility index (Phi) is 18.0. The predicted octanol–water partition coefficient (Wildman–Crippen LogP) is -0.120. The number of nitrogens with two attached hydrogens (primary N) is 3. The number of rotatable bonds is 26. The van der Waals surface area contributed by atoms with Crippen molar-refractivity contribution >= 4 is 69.1 Å². The van der Waals surface area contributed by atoms with E-state index in [1.54, 1.807) is 19.3 Å².